The molecule has 2 aromatic carbocycles. The van der Waals surface area contributed by atoms with Crippen LogP contribution in [0.5, 0.6) is 0 Å². The quantitative estimate of drug-likeness (QED) is 0.589. The molecule has 1 amide bonds. The summed E-state index contributed by atoms with van der Waals surface area (Å²) in [4.78, 5) is 12.1. The standard InChI is InChI=1S/C15H14N4.C7H15NO/c1-3-7-13(8-4-1)11-15-16-17-18-19(15)12-14-9-5-2-6-10-14;1-6(2)8(5-9)7(3)4/h1-10H,11-12H2;5-7H,1-4H3. The zero-order valence-corrected chi connectivity index (χ0v) is 17.1. The van der Waals surface area contributed by atoms with Gasteiger partial charge in [0, 0.05) is 18.5 Å². The Bertz CT molecular complexity index is 751. The van der Waals surface area contributed by atoms with Gasteiger partial charge in [0.25, 0.3) is 0 Å². The highest BCUT2D eigenvalue weighted by Crippen LogP contribution is 2.08. The van der Waals surface area contributed by atoms with Crippen molar-refractivity contribution in [1.29, 1.82) is 0 Å². The summed E-state index contributed by atoms with van der Waals surface area (Å²) in [6.45, 7) is 8.74. The SMILES string of the molecule is CC(C)N(C=O)C(C)C.c1ccc(Cc2nnnn2Cc2ccccc2)cc1. The number of carbonyl (C=O) groups is 1. The number of hydrogen-bond donors (Lipinski definition) is 0. The lowest BCUT2D eigenvalue weighted by Crippen LogP contribution is -2.35. The molecule has 28 heavy (non-hydrogen) atoms. The van der Waals surface area contributed by atoms with Crippen LogP contribution in [0.1, 0.15) is 44.6 Å². The second-order valence-corrected chi connectivity index (χ2v) is 7.14. The number of amides is 1. The van der Waals surface area contributed by atoms with Crippen LogP contribution in [0, 0.1) is 0 Å². The molecule has 6 nitrogen and oxygen atoms in total. The lowest BCUT2D eigenvalue weighted by atomic mass is 10.1. The number of tetrazole rings is 1. The summed E-state index contributed by atoms with van der Waals surface area (Å²) < 4.78 is 1.85. The first-order valence-corrected chi connectivity index (χ1v) is 9.57. The zero-order chi connectivity index (χ0) is 20.4. The van der Waals surface area contributed by atoms with Crippen molar-refractivity contribution in [2.45, 2.75) is 52.7 Å². The van der Waals surface area contributed by atoms with Gasteiger partial charge in [0.1, 0.15) is 0 Å². The zero-order valence-electron chi connectivity index (χ0n) is 17.1. The molecular formula is C22H29N5O. The van der Waals surface area contributed by atoms with Gasteiger partial charge in [0.2, 0.25) is 6.41 Å². The Morgan fingerprint density at radius 2 is 1.43 bits per heavy atom. The van der Waals surface area contributed by atoms with Gasteiger partial charge >= 0.3 is 0 Å². The number of rotatable bonds is 7. The van der Waals surface area contributed by atoms with Crippen LogP contribution in [0.15, 0.2) is 60.7 Å². The van der Waals surface area contributed by atoms with Crippen molar-refractivity contribution >= 4 is 6.41 Å². The molecule has 0 bridgehead atoms. The molecule has 0 radical (unpaired) electrons. The normalized spacial score (nSPS) is 10.5. The Balaban J connectivity index is 0.000000266. The third kappa shape index (κ3) is 6.61. The predicted octanol–water partition coefficient (Wildman–Crippen LogP) is 3.57. The Morgan fingerprint density at radius 3 is 1.89 bits per heavy atom. The highest BCUT2D eigenvalue weighted by Gasteiger charge is 2.08. The summed E-state index contributed by atoms with van der Waals surface area (Å²) in [6, 6.07) is 21.1. The molecule has 0 N–H and O–H groups in total. The van der Waals surface area contributed by atoms with Crippen LogP contribution in [0.25, 0.3) is 0 Å². The van der Waals surface area contributed by atoms with Gasteiger partial charge in [-0.3, -0.25) is 4.79 Å². The van der Waals surface area contributed by atoms with Crippen LogP contribution in [-0.2, 0) is 17.8 Å². The molecule has 1 heterocycles. The van der Waals surface area contributed by atoms with E-state index in [0.29, 0.717) is 18.6 Å². The molecule has 0 saturated heterocycles. The van der Waals surface area contributed by atoms with E-state index in [1.807, 2.05) is 68.8 Å². The fraction of sp³-hybridized carbons (Fsp3) is 0.364. The first-order chi connectivity index (χ1) is 13.5. The highest BCUT2D eigenvalue weighted by molar-refractivity contribution is 5.47. The van der Waals surface area contributed by atoms with Gasteiger partial charge in [-0.05, 0) is 49.2 Å². The van der Waals surface area contributed by atoms with Crippen LogP contribution >= 0.6 is 0 Å². The molecule has 1 aromatic heterocycles. The topological polar surface area (TPSA) is 63.9 Å². The fourth-order valence-corrected chi connectivity index (χ4v) is 2.85. The van der Waals surface area contributed by atoms with Crippen molar-refractivity contribution in [3.63, 3.8) is 0 Å². The molecule has 0 saturated carbocycles. The van der Waals surface area contributed by atoms with Crippen LogP contribution in [-0.4, -0.2) is 43.6 Å². The summed E-state index contributed by atoms with van der Waals surface area (Å²) in [6.07, 6.45) is 1.65. The first-order valence-electron chi connectivity index (χ1n) is 9.57. The minimum atomic E-state index is 0.322. The van der Waals surface area contributed by atoms with Crippen molar-refractivity contribution in [2.24, 2.45) is 0 Å². The number of benzene rings is 2. The van der Waals surface area contributed by atoms with Gasteiger partial charge in [0.15, 0.2) is 5.82 Å². The summed E-state index contributed by atoms with van der Waals surface area (Å²) in [5.41, 5.74) is 2.41. The summed E-state index contributed by atoms with van der Waals surface area (Å²) in [5.74, 6) is 0.884. The van der Waals surface area contributed by atoms with Crippen molar-refractivity contribution in [3.05, 3.63) is 77.6 Å². The van der Waals surface area contributed by atoms with Gasteiger partial charge in [-0.2, -0.15) is 0 Å². The second kappa shape index (κ2) is 11.0. The minimum Gasteiger partial charge on any atom is -0.340 e. The second-order valence-electron chi connectivity index (χ2n) is 7.14. The number of nitrogens with zero attached hydrogens (tertiary/aromatic N) is 5. The van der Waals surface area contributed by atoms with Crippen molar-refractivity contribution in [1.82, 2.24) is 25.1 Å². The van der Waals surface area contributed by atoms with Crippen LogP contribution in [0.3, 0.4) is 0 Å². The molecular weight excluding hydrogens is 350 g/mol. The Hall–Kier alpha value is -3.02. The van der Waals surface area contributed by atoms with E-state index in [1.165, 1.54) is 11.1 Å². The molecule has 6 heteroatoms. The van der Waals surface area contributed by atoms with E-state index >= 15 is 0 Å². The molecule has 0 aliphatic rings. The molecule has 0 aliphatic heterocycles. The molecule has 0 spiro atoms. The van der Waals surface area contributed by atoms with Crippen molar-refractivity contribution < 1.29 is 4.79 Å². The van der Waals surface area contributed by atoms with E-state index in [0.717, 1.165) is 18.7 Å². The lowest BCUT2D eigenvalue weighted by molar-refractivity contribution is -0.121. The van der Waals surface area contributed by atoms with E-state index in [1.54, 1.807) is 4.90 Å². The van der Waals surface area contributed by atoms with E-state index < -0.39 is 0 Å². The maximum absolute atomic E-state index is 10.3. The fourth-order valence-electron chi connectivity index (χ4n) is 2.85. The Kier molecular flexibility index (Phi) is 8.34. The molecule has 0 atom stereocenters. The summed E-state index contributed by atoms with van der Waals surface area (Å²) in [5, 5.41) is 12.0. The maximum Gasteiger partial charge on any atom is 0.210 e. The number of hydrogen-bond acceptors (Lipinski definition) is 4. The van der Waals surface area contributed by atoms with E-state index in [4.69, 9.17) is 0 Å². The molecule has 3 rings (SSSR count). The highest BCUT2D eigenvalue weighted by atomic mass is 16.1. The predicted molar refractivity (Wildman–Crippen MR) is 111 cm³/mol. The molecule has 0 fully saturated rings. The summed E-state index contributed by atoms with van der Waals surface area (Å²) >= 11 is 0. The first kappa shape index (κ1) is 21.3. The monoisotopic (exact) mass is 379 g/mol. The Labute approximate surface area is 167 Å². The average Bonchev–Trinajstić information content (AvgIpc) is 3.10. The third-order valence-corrected chi connectivity index (χ3v) is 4.30. The van der Waals surface area contributed by atoms with Crippen molar-refractivity contribution in [3.8, 4) is 0 Å². The maximum atomic E-state index is 10.3. The van der Waals surface area contributed by atoms with Gasteiger partial charge in [-0.25, -0.2) is 4.68 Å². The Morgan fingerprint density at radius 1 is 0.893 bits per heavy atom. The van der Waals surface area contributed by atoms with Gasteiger partial charge < -0.3 is 4.90 Å². The molecule has 148 valence electrons. The third-order valence-electron chi connectivity index (χ3n) is 4.30. The van der Waals surface area contributed by atoms with Crippen LogP contribution in [0.4, 0.5) is 0 Å². The van der Waals surface area contributed by atoms with E-state index in [-0.39, 0.29) is 0 Å². The van der Waals surface area contributed by atoms with E-state index in [2.05, 4.69) is 39.8 Å². The lowest BCUT2D eigenvalue weighted by Gasteiger charge is -2.25. The van der Waals surface area contributed by atoms with Gasteiger partial charge in [-0.15, -0.1) is 5.10 Å². The van der Waals surface area contributed by atoms with Gasteiger partial charge in [-0.1, -0.05) is 60.7 Å². The summed E-state index contributed by atoms with van der Waals surface area (Å²) in [7, 11) is 0. The van der Waals surface area contributed by atoms with Crippen molar-refractivity contribution in [2.75, 3.05) is 0 Å². The minimum absolute atomic E-state index is 0.322. The largest absolute Gasteiger partial charge is 0.340 e. The van der Waals surface area contributed by atoms with Crippen LogP contribution in [0.2, 0.25) is 0 Å². The van der Waals surface area contributed by atoms with E-state index in [9.17, 15) is 4.79 Å². The number of aromatic nitrogens is 4. The van der Waals surface area contributed by atoms with Crippen LogP contribution < -0.4 is 0 Å². The molecule has 3 aromatic rings. The molecule has 0 unspecified atom stereocenters. The molecule has 0 aliphatic carbocycles. The van der Waals surface area contributed by atoms with Gasteiger partial charge in [0.05, 0.1) is 6.54 Å². The average molecular weight is 380 g/mol. The smallest absolute Gasteiger partial charge is 0.210 e. The number of carbonyl (C=O) groups excluding carboxylic acids is 1.